The van der Waals surface area contributed by atoms with Gasteiger partial charge >= 0.3 is 0 Å². The van der Waals surface area contributed by atoms with Crippen molar-refractivity contribution in [2.24, 2.45) is 5.73 Å². The van der Waals surface area contributed by atoms with Crippen molar-refractivity contribution in [3.8, 4) is 5.75 Å². The summed E-state index contributed by atoms with van der Waals surface area (Å²) in [5.41, 5.74) is 5.89. The molecule has 1 aromatic carbocycles. The van der Waals surface area contributed by atoms with Crippen LogP contribution in [0.15, 0.2) is 29.1 Å². The molecule has 1 atom stereocenters. The Morgan fingerprint density at radius 3 is 2.75 bits per heavy atom. The first-order valence-electron chi connectivity index (χ1n) is 3.70. The zero-order chi connectivity index (χ0) is 9.14. The number of nitrogens with two attached hydrogens (primary N) is 1. The molecule has 0 aliphatic heterocycles. The van der Waals surface area contributed by atoms with Crippen LogP contribution in [-0.2, 0) is 0 Å². The van der Waals surface area contributed by atoms with E-state index in [9.17, 15) is 4.79 Å². The normalized spacial score (nSPS) is 12.5. The molecule has 0 saturated carbocycles. The Hall–Kier alpha value is -1.35. The summed E-state index contributed by atoms with van der Waals surface area (Å²) in [6.45, 7) is 1.78. The van der Waals surface area contributed by atoms with E-state index >= 15 is 0 Å². The molecule has 0 bridgehead atoms. The highest BCUT2D eigenvalue weighted by molar-refractivity contribution is 5.25. The molecule has 0 heterocycles. The summed E-state index contributed by atoms with van der Waals surface area (Å²) in [5, 5.41) is 9.03. The summed E-state index contributed by atoms with van der Waals surface area (Å²) >= 11 is 0. The van der Waals surface area contributed by atoms with Crippen LogP contribution in [0.25, 0.3) is 0 Å². The SMILES string of the molecule is CC(N)c1cccc(O)c(=O)c1. The van der Waals surface area contributed by atoms with Crippen molar-refractivity contribution in [1.82, 2.24) is 0 Å². The van der Waals surface area contributed by atoms with Gasteiger partial charge in [0.1, 0.15) is 0 Å². The number of hydrogen-bond donors (Lipinski definition) is 2. The minimum Gasteiger partial charge on any atom is -0.504 e. The molecule has 0 fully saturated rings. The average molecular weight is 165 g/mol. The van der Waals surface area contributed by atoms with E-state index in [1.165, 1.54) is 12.1 Å². The molecule has 0 aromatic heterocycles. The van der Waals surface area contributed by atoms with Crippen LogP contribution in [0.5, 0.6) is 5.75 Å². The lowest BCUT2D eigenvalue weighted by Gasteiger charge is -1.99. The Morgan fingerprint density at radius 2 is 2.17 bits per heavy atom. The standard InChI is InChI=1S/C9H11NO2/c1-6(10)7-3-2-4-8(11)9(12)5-7/h2-6H,10H2,1H3,(H,11,12). The molecular weight excluding hydrogens is 154 g/mol. The van der Waals surface area contributed by atoms with Gasteiger partial charge in [-0.05, 0) is 24.6 Å². The number of rotatable bonds is 1. The van der Waals surface area contributed by atoms with Gasteiger partial charge in [0.05, 0.1) is 0 Å². The average Bonchev–Trinajstić information content (AvgIpc) is 2.15. The van der Waals surface area contributed by atoms with Gasteiger partial charge in [-0.25, -0.2) is 0 Å². The Bertz CT molecular complexity index is 334. The van der Waals surface area contributed by atoms with Gasteiger partial charge in [-0.3, -0.25) is 4.79 Å². The number of hydrogen-bond acceptors (Lipinski definition) is 3. The van der Waals surface area contributed by atoms with E-state index < -0.39 is 5.43 Å². The van der Waals surface area contributed by atoms with Crippen LogP contribution in [0.3, 0.4) is 0 Å². The monoisotopic (exact) mass is 165 g/mol. The van der Waals surface area contributed by atoms with Gasteiger partial charge in [-0.2, -0.15) is 0 Å². The first kappa shape index (κ1) is 8.74. The Balaban J connectivity index is 3.32. The van der Waals surface area contributed by atoms with E-state index in [0.29, 0.717) is 0 Å². The van der Waals surface area contributed by atoms with Crippen LogP contribution in [0.4, 0.5) is 0 Å². The van der Waals surface area contributed by atoms with E-state index in [1.807, 2.05) is 0 Å². The molecule has 1 unspecified atom stereocenters. The van der Waals surface area contributed by atoms with Gasteiger partial charge in [-0.15, -0.1) is 0 Å². The second-order valence-electron chi connectivity index (χ2n) is 2.71. The highest BCUT2D eigenvalue weighted by Crippen LogP contribution is 2.07. The molecular formula is C9H11NO2. The molecule has 3 heteroatoms. The lowest BCUT2D eigenvalue weighted by molar-refractivity contribution is 0.471. The Morgan fingerprint density at radius 1 is 1.50 bits per heavy atom. The molecule has 0 saturated heterocycles. The summed E-state index contributed by atoms with van der Waals surface area (Å²) in [7, 11) is 0. The molecule has 0 aliphatic rings. The van der Waals surface area contributed by atoms with Crippen LogP contribution < -0.4 is 11.2 Å². The molecule has 12 heavy (non-hydrogen) atoms. The molecule has 1 aromatic rings. The fourth-order valence-electron chi connectivity index (χ4n) is 0.889. The summed E-state index contributed by atoms with van der Waals surface area (Å²) in [6.07, 6.45) is 0. The molecule has 0 aliphatic carbocycles. The lowest BCUT2D eigenvalue weighted by atomic mass is 10.1. The van der Waals surface area contributed by atoms with Gasteiger partial charge in [0.2, 0.25) is 5.43 Å². The Kier molecular flexibility index (Phi) is 2.45. The predicted octanol–water partition coefficient (Wildman–Crippen LogP) is 0.772. The second-order valence-corrected chi connectivity index (χ2v) is 2.71. The highest BCUT2D eigenvalue weighted by Gasteiger charge is 1.99. The zero-order valence-electron chi connectivity index (χ0n) is 6.82. The maximum absolute atomic E-state index is 11.0. The van der Waals surface area contributed by atoms with Crippen LogP contribution in [-0.4, -0.2) is 5.11 Å². The van der Waals surface area contributed by atoms with Crippen LogP contribution >= 0.6 is 0 Å². The van der Waals surface area contributed by atoms with E-state index in [2.05, 4.69) is 0 Å². The van der Waals surface area contributed by atoms with Crippen molar-refractivity contribution in [3.05, 3.63) is 40.1 Å². The van der Waals surface area contributed by atoms with Crippen molar-refractivity contribution in [1.29, 1.82) is 0 Å². The predicted molar refractivity (Wildman–Crippen MR) is 47.0 cm³/mol. The summed E-state index contributed by atoms with van der Waals surface area (Å²) < 4.78 is 0. The third kappa shape index (κ3) is 1.83. The fourth-order valence-corrected chi connectivity index (χ4v) is 0.889. The van der Waals surface area contributed by atoms with Crippen LogP contribution in [0.1, 0.15) is 18.5 Å². The summed E-state index contributed by atoms with van der Waals surface area (Å²) in [6, 6.07) is 5.83. The van der Waals surface area contributed by atoms with Crippen LogP contribution in [0, 0.1) is 0 Å². The van der Waals surface area contributed by atoms with E-state index in [1.54, 1.807) is 19.1 Å². The van der Waals surface area contributed by atoms with Gasteiger partial charge < -0.3 is 10.8 Å². The van der Waals surface area contributed by atoms with Crippen molar-refractivity contribution in [2.45, 2.75) is 13.0 Å². The van der Waals surface area contributed by atoms with Crippen molar-refractivity contribution >= 4 is 0 Å². The molecule has 0 amide bonds. The van der Waals surface area contributed by atoms with Crippen molar-refractivity contribution in [3.63, 3.8) is 0 Å². The minimum atomic E-state index is -0.396. The quantitative estimate of drug-likeness (QED) is 0.646. The van der Waals surface area contributed by atoms with Gasteiger partial charge in [-0.1, -0.05) is 12.1 Å². The van der Waals surface area contributed by atoms with Gasteiger partial charge in [0.25, 0.3) is 0 Å². The Labute approximate surface area is 70.5 Å². The van der Waals surface area contributed by atoms with Gasteiger partial charge in [0, 0.05) is 6.04 Å². The molecule has 0 radical (unpaired) electrons. The third-order valence-corrected chi connectivity index (χ3v) is 1.62. The lowest BCUT2D eigenvalue weighted by Crippen LogP contribution is -2.06. The first-order chi connectivity index (χ1) is 5.61. The molecule has 64 valence electrons. The fraction of sp³-hybridized carbons (Fsp3) is 0.222. The van der Waals surface area contributed by atoms with Crippen molar-refractivity contribution < 1.29 is 5.11 Å². The van der Waals surface area contributed by atoms with Crippen LogP contribution in [0.2, 0.25) is 0 Å². The first-order valence-corrected chi connectivity index (χ1v) is 3.70. The minimum absolute atomic E-state index is 0.190. The largest absolute Gasteiger partial charge is 0.504 e. The van der Waals surface area contributed by atoms with Gasteiger partial charge in [0.15, 0.2) is 5.75 Å². The molecule has 3 nitrogen and oxygen atoms in total. The molecule has 3 N–H and O–H groups in total. The topological polar surface area (TPSA) is 63.3 Å². The smallest absolute Gasteiger partial charge is 0.220 e. The second kappa shape index (κ2) is 3.36. The third-order valence-electron chi connectivity index (χ3n) is 1.62. The van der Waals surface area contributed by atoms with E-state index in [4.69, 9.17) is 10.8 Å². The maximum atomic E-state index is 11.0. The molecule has 1 rings (SSSR count). The van der Waals surface area contributed by atoms with Crippen molar-refractivity contribution in [2.75, 3.05) is 0 Å². The highest BCUT2D eigenvalue weighted by atomic mass is 16.3. The maximum Gasteiger partial charge on any atom is 0.220 e. The zero-order valence-corrected chi connectivity index (χ0v) is 6.82. The van der Waals surface area contributed by atoms with E-state index in [0.717, 1.165) is 5.56 Å². The summed E-state index contributed by atoms with van der Waals surface area (Å²) in [5.74, 6) is -0.248. The summed E-state index contributed by atoms with van der Waals surface area (Å²) in [4.78, 5) is 11.0. The number of aromatic hydroxyl groups is 1. The van der Waals surface area contributed by atoms with E-state index in [-0.39, 0.29) is 11.8 Å². The molecule has 0 spiro atoms.